The molecule has 18 N–H and O–H groups in total. The van der Waals surface area contributed by atoms with Gasteiger partial charge in [-0.05, 0) is 62.6 Å². The number of hydrogen-bond acceptors (Lipinski definition) is 18. The number of nitrogens with zero attached hydrogens (tertiary/aromatic N) is 11. The van der Waals surface area contributed by atoms with E-state index in [2.05, 4.69) is 44.9 Å². The Morgan fingerprint density at radius 1 is 0.456 bits per heavy atom. The summed E-state index contributed by atoms with van der Waals surface area (Å²) >= 11 is 0. The number of rotatable bonds is 14. The number of primary amides is 4. The molecule has 1 aliphatic rings. The predicted octanol–water partition coefficient (Wildman–Crippen LogP) is 3.99. The van der Waals surface area contributed by atoms with Gasteiger partial charge in [0.2, 0.25) is 0 Å². The van der Waals surface area contributed by atoms with Crippen molar-refractivity contribution in [3.05, 3.63) is 144 Å². The van der Waals surface area contributed by atoms with E-state index in [0.717, 1.165) is 127 Å². The normalized spacial score (nSPS) is 12.9. The van der Waals surface area contributed by atoms with E-state index in [1.54, 1.807) is 42.5 Å². The van der Waals surface area contributed by atoms with E-state index in [4.69, 9.17) is 56.3 Å². The third-order valence-electron chi connectivity index (χ3n) is 15.6. The number of nitrogens with two attached hydrogens (primary N) is 9. The molecule has 1 fully saturated rings. The molecule has 28 heteroatoms. The van der Waals surface area contributed by atoms with Crippen LogP contribution in [-0.4, -0.2) is 158 Å². The van der Waals surface area contributed by atoms with Crippen molar-refractivity contribution in [3.63, 3.8) is 0 Å². The van der Waals surface area contributed by atoms with Gasteiger partial charge in [0, 0.05) is 110 Å². The smallest absolute Gasteiger partial charge is 0.309 e. The molecule has 466 valence electrons. The number of fused-ring (bicyclic) bond motifs is 12. The van der Waals surface area contributed by atoms with Crippen LogP contribution in [-0.2, 0) is 34.6 Å². The Labute approximate surface area is 515 Å². The fourth-order valence-electron chi connectivity index (χ4n) is 11.1. The largest absolute Gasteiger partial charge is 0.383 e. The average Bonchev–Trinajstić information content (AvgIpc) is 1.61. The lowest BCUT2D eigenvalue weighted by molar-refractivity contribution is 0.0366. The molecule has 4 aromatic carbocycles. The maximum absolute atomic E-state index is 12.7. The summed E-state index contributed by atoms with van der Waals surface area (Å²) < 4.78 is 39.2. The lowest BCUT2D eigenvalue weighted by Gasteiger charge is -2.26. The van der Waals surface area contributed by atoms with E-state index < -0.39 is 33.8 Å². The van der Waals surface area contributed by atoms with Crippen LogP contribution in [0.2, 0.25) is 0 Å². The first-order chi connectivity index (χ1) is 43.0. The van der Waals surface area contributed by atoms with E-state index in [1.807, 2.05) is 85.4 Å². The second-order valence-electron chi connectivity index (χ2n) is 21.8. The number of benzene rings is 4. The summed E-state index contributed by atoms with van der Waals surface area (Å²) in [5, 5.41) is 6.90. The number of ether oxygens (including phenoxy) is 1. The monoisotopic (exact) mass is 1240 g/mol. The van der Waals surface area contributed by atoms with Gasteiger partial charge in [-0.3, -0.25) is 24.1 Å². The van der Waals surface area contributed by atoms with Crippen LogP contribution in [0.1, 0.15) is 41.4 Å². The number of pyridine rings is 4. The molecule has 8 aromatic heterocycles. The highest BCUT2D eigenvalue weighted by atomic mass is 32.2. The molecule has 4 amide bonds. The fraction of sp³-hybridized carbons (Fsp3) is 0.226. The summed E-state index contributed by atoms with van der Waals surface area (Å²) in [6.45, 7) is 7.95. The Morgan fingerprint density at radius 3 is 1.13 bits per heavy atom. The number of hydrogen-bond donors (Lipinski definition) is 9. The number of para-hydroxylation sites is 4. The molecule has 0 bridgehead atoms. The Morgan fingerprint density at radius 2 is 0.778 bits per heavy atom. The maximum Gasteiger partial charge on any atom is 0.309 e. The second kappa shape index (κ2) is 25.7. The lowest BCUT2D eigenvalue weighted by atomic mass is 10.1. The summed E-state index contributed by atoms with van der Waals surface area (Å²) in [4.78, 5) is 67.9. The number of amides is 4. The van der Waals surface area contributed by atoms with Crippen LogP contribution in [0, 0.1) is 0 Å². The number of likely N-dealkylation sites (N-methyl/N-ethyl adjacent to an activating group) is 1. The standard InChI is InChI=1S/C18H21N5O2.C16H19N5O.C14H15N5O3S.C14H15N5O/c19-16-14(17(20)24)11-13-12-3-1-2-4-15(12)23(18(13)21-16)6-5-22-7-9-25-10-8-22;1-20(2)7-8-21-13-6-4-3-5-10(13)11-9-12(15(18)22)14(17)19-16(11)21;1-18(2)23(21,22)19-11-6-4-3-5-8(11)9-7-10(13(16)20)12(15)17-14(9)19;15-5-6-19-11-4-2-1-3-8(11)9-7-10(13(17)20)12(16)18-14(9)19/h1-4,11H,5-10H2,(H2,19,21)(H2,20,24);3-6,9H,7-8H2,1-2H3,(H2,17,19)(H2,18,22);3-7H,1-2H3,(H2,15,17)(H2,16,20);1-4,7H,5-6,15H2,(H2,16,18)(H2,17,20). The Kier molecular flexibility index (Phi) is 17.9. The average molecular weight is 1240 g/mol. The SMILES string of the molecule is CN(C)CCn1c2ccccc2c2cc(C(N)=O)c(N)nc21.CN(C)S(=O)(=O)n1c2ccccc2c2cc(C(N)=O)c(N)nc21.NC(=O)c1cc2c3ccccc3n(CCN3CCOCC3)c2nc1N.NCCn1c2ccccc2c2cc(C(N)=O)c(N)nc21. The first kappa shape index (κ1) is 62.6. The van der Waals surface area contributed by atoms with Gasteiger partial charge in [0.1, 0.15) is 40.2 Å². The van der Waals surface area contributed by atoms with Crippen molar-refractivity contribution in [3.8, 4) is 0 Å². The molecule has 1 saturated heterocycles. The van der Waals surface area contributed by atoms with Crippen molar-refractivity contribution in [2.24, 2.45) is 28.7 Å². The summed E-state index contributed by atoms with van der Waals surface area (Å²) in [5.41, 5.74) is 57.5. The topological polar surface area (TPSA) is 427 Å². The summed E-state index contributed by atoms with van der Waals surface area (Å²) in [6, 6.07) is 37.6. The van der Waals surface area contributed by atoms with Gasteiger partial charge in [0.05, 0.1) is 57.5 Å². The highest BCUT2D eigenvalue weighted by Crippen LogP contribution is 2.35. The molecule has 0 atom stereocenters. The molecule has 13 rings (SSSR count). The van der Waals surface area contributed by atoms with Crippen LogP contribution >= 0.6 is 0 Å². The number of nitrogen functional groups attached to an aromatic ring is 4. The van der Waals surface area contributed by atoms with Gasteiger partial charge in [-0.15, -0.1) is 0 Å². The van der Waals surface area contributed by atoms with Gasteiger partial charge < -0.3 is 74.9 Å². The quantitative estimate of drug-likeness (QED) is 0.0743. The zero-order valence-electron chi connectivity index (χ0n) is 50.0. The molecule has 0 radical (unpaired) electrons. The van der Waals surface area contributed by atoms with Crippen LogP contribution in [0.4, 0.5) is 23.3 Å². The van der Waals surface area contributed by atoms with Crippen molar-refractivity contribution in [1.82, 2.24) is 51.7 Å². The Hall–Kier alpha value is -10.5. The van der Waals surface area contributed by atoms with Crippen LogP contribution in [0.25, 0.3) is 87.7 Å². The number of aromatic nitrogens is 8. The third-order valence-corrected chi connectivity index (χ3v) is 17.3. The molecule has 90 heavy (non-hydrogen) atoms. The molecule has 0 aliphatic carbocycles. The van der Waals surface area contributed by atoms with Crippen LogP contribution in [0.3, 0.4) is 0 Å². The number of carbonyl (C=O) groups is 4. The summed E-state index contributed by atoms with van der Waals surface area (Å²) in [6.07, 6.45) is 0. The molecule has 1 aliphatic heterocycles. The Balaban J connectivity index is 0.000000132. The highest BCUT2D eigenvalue weighted by Gasteiger charge is 2.26. The second-order valence-corrected chi connectivity index (χ2v) is 23.7. The van der Waals surface area contributed by atoms with E-state index in [9.17, 15) is 27.6 Å². The van der Waals surface area contributed by atoms with Gasteiger partial charge in [-0.2, -0.15) is 12.7 Å². The minimum atomic E-state index is -3.82. The van der Waals surface area contributed by atoms with Crippen molar-refractivity contribution in [2.45, 2.75) is 19.6 Å². The van der Waals surface area contributed by atoms with Crippen molar-refractivity contribution < 1.29 is 32.3 Å². The first-order valence-electron chi connectivity index (χ1n) is 28.5. The van der Waals surface area contributed by atoms with Gasteiger partial charge in [0.15, 0.2) is 5.65 Å². The molecule has 0 unspecified atom stereocenters. The van der Waals surface area contributed by atoms with Crippen LogP contribution in [0.5, 0.6) is 0 Å². The van der Waals surface area contributed by atoms with E-state index in [-0.39, 0.29) is 51.2 Å². The fourth-order valence-corrected chi connectivity index (χ4v) is 12.2. The molecule has 9 heterocycles. The molecular formula is C62H70N20O7S. The minimum absolute atomic E-state index is 0.0580. The molecule has 12 aromatic rings. The first-order valence-corrected chi connectivity index (χ1v) is 29.9. The predicted molar refractivity (Wildman–Crippen MR) is 354 cm³/mol. The summed E-state index contributed by atoms with van der Waals surface area (Å²) in [7, 11) is 3.09. The lowest BCUT2D eigenvalue weighted by Crippen LogP contribution is -2.38. The molecule has 27 nitrogen and oxygen atoms in total. The van der Waals surface area contributed by atoms with Crippen molar-refractivity contribution in [1.29, 1.82) is 0 Å². The van der Waals surface area contributed by atoms with Gasteiger partial charge >= 0.3 is 10.2 Å². The zero-order valence-corrected chi connectivity index (χ0v) is 50.8. The molecule has 0 spiro atoms. The highest BCUT2D eigenvalue weighted by molar-refractivity contribution is 7.87. The van der Waals surface area contributed by atoms with Gasteiger partial charge in [0.25, 0.3) is 23.6 Å². The Bertz CT molecular complexity index is 4910. The van der Waals surface area contributed by atoms with Gasteiger partial charge in [-0.1, -0.05) is 72.8 Å². The molecular weight excluding hydrogens is 1170 g/mol. The maximum atomic E-state index is 12.7. The number of morpholine rings is 1. The number of carbonyl (C=O) groups excluding carboxylic acids is 4. The van der Waals surface area contributed by atoms with Gasteiger partial charge in [-0.25, -0.2) is 23.9 Å². The summed E-state index contributed by atoms with van der Waals surface area (Å²) in [5.74, 6) is -2.02. The minimum Gasteiger partial charge on any atom is -0.383 e. The number of anilines is 4. The van der Waals surface area contributed by atoms with Crippen LogP contribution in [0.15, 0.2) is 121 Å². The zero-order chi connectivity index (χ0) is 64.5. The van der Waals surface area contributed by atoms with Crippen molar-refractivity contribution in [2.75, 3.05) is 97.1 Å². The van der Waals surface area contributed by atoms with Crippen molar-refractivity contribution >= 4 is 145 Å². The van der Waals surface area contributed by atoms with E-state index in [1.165, 1.54) is 20.2 Å². The van der Waals surface area contributed by atoms with E-state index in [0.29, 0.717) is 29.4 Å². The van der Waals surface area contributed by atoms with Crippen LogP contribution < -0.4 is 51.6 Å². The molecule has 0 saturated carbocycles. The van der Waals surface area contributed by atoms with E-state index >= 15 is 0 Å². The third kappa shape index (κ3) is 12.0.